The van der Waals surface area contributed by atoms with Gasteiger partial charge in [0, 0.05) is 22.4 Å². The van der Waals surface area contributed by atoms with Crippen molar-refractivity contribution in [1.29, 1.82) is 0 Å². The Morgan fingerprint density at radius 3 is 1.49 bits per heavy atom. The largest absolute Gasteiger partial charge is 0.423 e. The summed E-state index contributed by atoms with van der Waals surface area (Å²) in [6, 6.07) is 32.7. The number of hydrogen-bond donors (Lipinski definition) is 0. The third kappa shape index (κ3) is 6.44. The highest BCUT2D eigenvalue weighted by Crippen LogP contribution is 2.31. The predicted molar refractivity (Wildman–Crippen MR) is 165 cm³/mol. The number of hydrogen-bond acceptors (Lipinski definition) is 4. The van der Waals surface area contributed by atoms with Crippen LogP contribution < -0.4 is 9.47 Å². The van der Waals surface area contributed by atoms with E-state index in [9.17, 15) is 9.59 Å². The fourth-order valence-electron chi connectivity index (χ4n) is 5.05. The molecule has 41 heavy (non-hydrogen) atoms. The second kappa shape index (κ2) is 12.5. The van der Waals surface area contributed by atoms with Gasteiger partial charge in [-0.3, -0.25) is 0 Å². The summed E-state index contributed by atoms with van der Waals surface area (Å²) in [5.41, 5.74) is 5.35. The zero-order chi connectivity index (χ0) is 28.8. The zero-order valence-electron chi connectivity index (χ0n) is 23.2. The van der Waals surface area contributed by atoms with E-state index in [4.69, 9.17) is 9.47 Å². The lowest BCUT2D eigenvalue weighted by molar-refractivity contribution is -0.130. The highest BCUT2D eigenvalue weighted by atomic mass is 16.5. The molecule has 0 fully saturated rings. The van der Waals surface area contributed by atoms with Gasteiger partial charge in [-0.2, -0.15) is 0 Å². The molecule has 4 nitrogen and oxygen atoms in total. The summed E-state index contributed by atoms with van der Waals surface area (Å²) in [5.74, 6) is 0.232. The summed E-state index contributed by atoms with van der Waals surface area (Å²) in [4.78, 5) is 23.8. The zero-order valence-corrected chi connectivity index (χ0v) is 23.2. The molecule has 0 aromatic heterocycles. The Kier molecular flexibility index (Phi) is 8.40. The van der Waals surface area contributed by atoms with E-state index in [0.717, 1.165) is 47.2 Å². The van der Waals surface area contributed by atoms with Crippen molar-refractivity contribution in [2.75, 3.05) is 0 Å². The van der Waals surface area contributed by atoms with Gasteiger partial charge < -0.3 is 9.47 Å². The van der Waals surface area contributed by atoms with Crippen LogP contribution in [-0.4, -0.2) is 11.9 Å². The first-order valence-corrected chi connectivity index (χ1v) is 13.7. The van der Waals surface area contributed by atoms with Gasteiger partial charge in [-0.1, -0.05) is 98.1 Å². The first-order chi connectivity index (χ1) is 19.9. The van der Waals surface area contributed by atoms with Crippen LogP contribution in [0.3, 0.4) is 0 Å². The van der Waals surface area contributed by atoms with Crippen LogP contribution in [0.1, 0.15) is 29.2 Å². The summed E-state index contributed by atoms with van der Waals surface area (Å²) >= 11 is 0. The Hall–Kier alpha value is -4.96. The highest BCUT2D eigenvalue weighted by molar-refractivity contribution is 5.96. The van der Waals surface area contributed by atoms with Crippen LogP contribution in [0.25, 0.3) is 21.5 Å². The van der Waals surface area contributed by atoms with Crippen molar-refractivity contribution < 1.29 is 19.1 Å². The average Bonchev–Trinajstić information content (AvgIpc) is 3.00. The molecule has 204 valence electrons. The topological polar surface area (TPSA) is 52.6 Å². The Morgan fingerprint density at radius 1 is 0.610 bits per heavy atom. The summed E-state index contributed by atoms with van der Waals surface area (Å²) in [6.07, 6.45) is 4.75. The number of fused-ring (bicyclic) bond motifs is 2. The summed E-state index contributed by atoms with van der Waals surface area (Å²) in [7, 11) is 0. The standard InChI is InChI=1S/C37H32O4/c1-4-36(38)40-34-23-21-28(30-9-5-7-11-32(30)34)19-17-26-13-15-27(16-14-26)18-20-29-22-24-35(41-37(39)25(2)3)33-12-8-6-10-31(29)33/h4-16,21-24H,1-2,17-20H2,3H3. The molecule has 4 heteroatoms. The normalized spacial score (nSPS) is 10.9. The smallest absolute Gasteiger partial charge is 0.338 e. The van der Waals surface area contributed by atoms with E-state index in [1.807, 2.05) is 60.7 Å². The van der Waals surface area contributed by atoms with Crippen molar-refractivity contribution in [2.45, 2.75) is 32.6 Å². The molecule has 5 aromatic carbocycles. The first kappa shape index (κ1) is 27.6. The van der Waals surface area contributed by atoms with Crippen LogP contribution >= 0.6 is 0 Å². The molecule has 0 heterocycles. The second-order valence-electron chi connectivity index (χ2n) is 10.1. The number of rotatable bonds is 10. The SMILES string of the molecule is C=CC(=O)Oc1ccc(CCc2ccc(CCc3ccc(OC(=O)C(=C)C)c4ccccc34)cc2)c2ccccc12. The van der Waals surface area contributed by atoms with Crippen LogP contribution in [0.5, 0.6) is 11.5 Å². The minimum absolute atomic E-state index is 0.374. The molecule has 0 N–H and O–H groups in total. The Bertz CT molecular complexity index is 1760. The molecule has 0 saturated heterocycles. The van der Waals surface area contributed by atoms with Gasteiger partial charge >= 0.3 is 11.9 Å². The molecule has 0 unspecified atom stereocenters. The van der Waals surface area contributed by atoms with Gasteiger partial charge in [0.05, 0.1) is 0 Å². The molecule has 5 aromatic rings. The second-order valence-corrected chi connectivity index (χ2v) is 10.1. The minimum atomic E-state index is -0.461. The molecule has 0 bridgehead atoms. The third-order valence-corrected chi connectivity index (χ3v) is 7.27. The molecule has 0 aliphatic heterocycles. The van der Waals surface area contributed by atoms with Crippen LogP contribution in [0.15, 0.2) is 122 Å². The number of ether oxygens (including phenoxy) is 2. The maximum absolute atomic E-state index is 12.1. The van der Waals surface area contributed by atoms with Gasteiger partial charge in [-0.05, 0) is 77.8 Å². The van der Waals surface area contributed by atoms with E-state index in [1.54, 1.807) is 6.92 Å². The van der Waals surface area contributed by atoms with E-state index in [-0.39, 0.29) is 0 Å². The number of benzene rings is 5. The van der Waals surface area contributed by atoms with E-state index < -0.39 is 11.9 Å². The molecule has 0 spiro atoms. The molecule has 0 aliphatic carbocycles. The van der Waals surface area contributed by atoms with Gasteiger partial charge in [0.15, 0.2) is 0 Å². The number of aryl methyl sites for hydroxylation is 4. The first-order valence-electron chi connectivity index (χ1n) is 13.7. The summed E-state index contributed by atoms with van der Waals surface area (Å²) in [5, 5.41) is 4.03. The monoisotopic (exact) mass is 540 g/mol. The minimum Gasteiger partial charge on any atom is -0.423 e. The third-order valence-electron chi connectivity index (χ3n) is 7.27. The fourth-order valence-corrected chi connectivity index (χ4v) is 5.05. The molecule has 0 atom stereocenters. The maximum atomic E-state index is 12.1. The van der Waals surface area contributed by atoms with E-state index in [2.05, 4.69) is 49.6 Å². The lowest BCUT2D eigenvalue weighted by Gasteiger charge is -2.12. The van der Waals surface area contributed by atoms with Gasteiger partial charge in [0.2, 0.25) is 0 Å². The van der Waals surface area contributed by atoms with Gasteiger partial charge in [0.25, 0.3) is 0 Å². The Morgan fingerprint density at radius 2 is 1.05 bits per heavy atom. The van der Waals surface area contributed by atoms with Gasteiger partial charge in [-0.25, -0.2) is 9.59 Å². The van der Waals surface area contributed by atoms with Crippen molar-refractivity contribution in [3.05, 3.63) is 144 Å². The molecular formula is C37H32O4. The van der Waals surface area contributed by atoms with Crippen LogP contribution in [0.4, 0.5) is 0 Å². The highest BCUT2D eigenvalue weighted by Gasteiger charge is 2.12. The lowest BCUT2D eigenvalue weighted by Crippen LogP contribution is -2.08. The Labute approximate surface area is 240 Å². The molecule has 0 radical (unpaired) electrons. The molecular weight excluding hydrogens is 508 g/mol. The lowest BCUT2D eigenvalue weighted by atomic mass is 9.96. The predicted octanol–water partition coefficient (Wildman–Crippen LogP) is 8.14. The Balaban J connectivity index is 1.25. The number of carbonyl (C=O) groups is 2. The molecule has 5 rings (SSSR count). The van der Waals surface area contributed by atoms with Crippen LogP contribution in [-0.2, 0) is 35.3 Å². The molecule has 0 aliphatic rings. The van der Waals surface area contributed by atoms with Crippen LogP contribution in [0, 0.1) is 0 Å². The van der Waals surface area contributed by atoms with Gasteiger partial charge in [0.1, 0.15) is 11.5 Å². The summed E-state index contributed by atoms with van der Waals surface area (Å²) in [6.45, 7) is 8.81. The van der Waals surface area contributed by atoms with Crippen molar-refractivity contribution in [2.24, 2.45) is 0 Å². The van der Waals surface area contributed by atoms with E-state index in [0.29, 0.717) is 17.1 Å². The number of esters is 2. The van der Waals surface area contributed by atoms with E-state index >= 15 is 0 Å². The van der Waals surface area contributed by atoms with Gasteiger partial charge in [-0.15, -0.1) is 0 Å². The van der Waals surface area contributed by atoms with Crippen LogP contribution in [0.2, 0.25) is 0 Å². The van der Waals surface area contributed by atoms with Crippen molar-refractivity contribution in [3.8, 4) is 11.5 Å². The van der Waals surface area contributed by atoms with E-state index in [1.165, 1.54) is 28.3 Å². The van der Waals surface area contributed by atoms with Crippen molar-refractivity contribution >= 4 is 33.5 Å². The molecule has 0 saturated carbocycles. The van der Waals surface area contributed by atoms with Crippen molar-refractivity contribution in [1.82, 2.24) is 0 Å². The maximum Gasteiger partial charge on any atom is 0.338 e. The fraction of sp³-hybridized carbons (Fsp3) is 0.135. The van der Waals surface area contributed by atoms with Crippen molar-refractivity contribution in [3.63, 3.8) is 0 Å². The number of carbonyl (C=O) groups excluding carboxylic acids is 2. The summed E-state index contributed by atoms with van der Waals surface area (Å²) < 4.78 is 11.0. The average molecular weight is 541 g/mol. The molecule has 0 amide bonds. The quantitative estimate of drug-likeness (QED) is 0.102.